The lowest BCUT2D eigenvalue weighted by molar-refractivity contribution is -0.121. The predicted octanol–water partition coefficient (Wildman–Crippen LogP) is 3.03. The molecule has 0 aliphatic carbocycles. The number of nitrogens with zero attached hydrogens (tertiary/aromatic N) is 3. The lowest BCUT2D eigenvalue weighted by Crippen LogP contribution is -2.39. The molecular formula is C18H21FN4O. The number of carbonyl (C=O) groups excluding carboxylic acids is 1. The smallest absolute Gasteiger partial charge is 0.229 e. The van der Waals surface area contributed by atoms with Gasteiger partial charge in [0.2, 0.25) is 11.9 Å². The number of halogens is 1. The van der Waals surface area contributed by atoms with Crippen LogP contribution in [0.25, 0.3) is 0 Å². The number of rotatable bonds is 4. The second kappa shape index (κ2) is 7.49. The van der Waals surface area contributed by atoms with E-state index in [9.17, 15) is 9.18 Å². The largest absolute Gasteiger partial charge is 0.296 e. The van der Waals surface area contributed by atoms with Crippen LogP contribution in [0.4, 0.5) is 10.3 Å². The number of amides is 1. The summed E-state index contributed by atoms with van der Waals surface area (Å²) in [7, 11) is 0. The first-order valence-corrected chi connectivity index (χ1v) is 8.21. The first kappa shape index (κ1) is 16.5. The van der Waals surface area contributed by atoms with Crippen LogP contribution in [0.15, 0.2) is 42.7 Å². The van der Waals surface area contributed by atoms with Crippen molar-refractivity contribution in [3.63, 3.8) is 0 Å². The molecule has 1 fully saturated rings. The number of anilines is 1. The summed E-state index contributed by atoms with van der Waals surface area (Å²) in [6, 6.07) is 8.59. The Hall–Kier alpha value is -2.34. The standard InChI is InChI=1S/C18H21FN4O/c1-13(15-5-2-3-6-16(15)19)23-11-7-14(8-12-23)17(24)22-18-20-9-4-10-21-18/h2-6,9-10,13-14H,7-8,11-12H2,1H3,(H,20,21,22,24). The second-order valence-corrected chi connectivity index (χ2v) is 6.07. The molecule has 3 rings (SSSR count). The molecule has 1 atom stereocenters. The average Bonchev–Trinajstić information content (AvgIpc) is 2.62. The van der Waals surface area contributed by atoms with Gasteiger partial charge < -0.3 is 0 Å². The van der Waals surface area contributed by atoms with E-state index in [2.05, 4.69) is 20.2 Å². The summed E-state index contributed by atoms with van der Waals surface area (Å²) in [5.74, 6) is 0.0630. The molecule has 24 heavy (non-hydrogen) atoms. The van der Waals surface area contributed by atoms with Gasteiger partial charge in [0.25, 0.3) is 0 Å². The van der Waals surface area contributed by atoms with Gasteiger partial charge in [0.1, 0.15) is 5.82 Å². The van der Waals surface area contributed by atoms with Crippen molar-refractivity contribution >= 4 is 11.9 Å². The fraction of sp³-hybridized carbons (Fsp3) is 0.389. The number of benzene rings is 1. The quantitative estimate of drug-likeness (QED) is 0.937. The topological polar surface area (TPSA) is 58.1 Å². The Balaban J connectivity index is 1.56. The summed E-state index contributed by atoms with van der Waals surface area (Å²) in [4.78, 5) is 22.5. The van der Waals surface area contributed by atoms with E-state index in [-0.39, 0.29) is 23.7 Å². The number of carbonyl (C=O) groups is 1. The van der Waals surface area contributed by atoms with E-state index in [1.807, 2.05) is 19.1 Å². The van der Waals surface area contributed by atoms with Crippen molar-refractivity contribution in [1.82, 2.24) is 14.9 Å². The fourth-order valence-corrected chi connectivity index (χ4v) is 3.14. The molecule has 0 bridgehead atoms. The van der Waals surface area contributed by atoms with Crippen molar-refractivity contribution in [3.8, 4) is 0 Å². The number of aromatic nitrogens is 2. The summed E-state index contributed by atoms with van der Waals surface area (Å²) < 4.78 is 13.9. The molecule has 1 N–H and O–H groups in total. The van der Waals surface area contributed by atoms with Gasteiger partial charge in [0.15, 0.2) is 0 Å². The molecule has 6 heteroatoms. The Morgan fingerprint density at radius 1 is 1.21 bits per heavy atom. The van der Waals surface area contributed by atoms with E-state index in [0.29, 0.717) is 11.5 Å². The minimum atomic E-state index is -0.175. The van der Waals surface area contributed by atoms with Crippen LogP contribution in [-0.2, 0) is 4.79 Å². The van der Waals surface area contributed by atoms with Crippen LogP contribution < -0.4 is 5.32 Å². The van der Waals surface area contributed by atoms with E-state index in [4.69, 9.17) is 0 Å². The van der Waals surface area contributed by atoms with Gasteiger partial charge in [0.05, 0.1) is 0 Å². The molecule has 5 nitrogen and oxygen atoms in total. The molecule has 1 aromatic heterocycles. The van der Waals surface area contributed by atoms with Gasteiger partial charge in [-0.15, -0.1) is 0 Å². The van der Waals surface area contributed by atoms with Gasteiger partial charge in [-0.2, -0.15) is 0 Å². The maximum Gasteiger partial charge on any atom is 0.229 e. The third-order valence-corrected chi connectivity index (χ3v) is 4.60. The van der Waals surface area contributed by atoms with E-state index in [1.165, 1.54) is 6.07 Å². The highest BCUT2D eigenvalue weighted by Gasteiger charge is 2.28. The number of hydrogen-bond donors (Lipinski definition) is 1. The highest BCUT2D eigenvalue weighted by atomic mass is 19.1. The molecule has 1 amide bonds. The Kier molecular flexibility index (Phi) is 5.15. The number of likely N-dealkylation sites (tertiary alicyclic amines) is 1. The molecule has 0 saturated carbocycles. The number of piperidine rings is 1. The van der Waals surface area contributed by atoms with Gasteiger partial charge in [0, 0.05) is 29.9 Å². The molecule has 1 unspecified atom stereocenters. The third-order valence-electron chi connectivity index (χ3n) is 4.60. The summed E-state index contributed by atoms with van der Waals surface area (Å²) in [6.07, 6.45) is 4.69. The lowest BCUT2D eigenvalue weighted by Gasteiger charge is -2.35. The molecule has 0 radical (unpaired) electrons. The van der Waals surface area contributed by atoms with Crippen molar-refractivity contribution in [3.05, 3.63) is 54.1 Å². The van der Waals surface area contributed by atoms with Crippen molar-refractivity contribution in [1.29, 1.82) is 0 Å². The summed E-state index contributed by atoms with van der Waals surface area (Å²) in [5, 5.41) is 2.76. The summed E-state index contributed by atoms with van der Waals surface area (Å²) in [6.45, 7) is 3.54. The fourth-order valence-electron chi connectivity index (χ4n) is 3.14. The van der Waals surface area contributed by atoms with Gasteiger partial charge in [-0.25, -0.2) is 14.4 Å². The zero-order chi connectivity index (χ0) is 16.9. The highest BCUT2D eigenvalue weighted by Crippen LogP contribution is 2.28. The molecule has 2 heterocycles. The highest BCUT2D eigenvalue weighted by molar-refractivity contribution is 5.90. The van der Waals surface area contributed by atoms with Crippen molar-refractivity contribution < 1.29 is 9.18 Å². The Morgan fingerprint density at radius 3 is 2.54 bits per heavy atom. The SMILES string of the molecule is CC(c1ccccc1F)N1CCC(C(=O)Nc2ncccn2)CC1. The molecule has 1 aliphatic rings. The first-order chi connectivity index (χ1) is 11.6. The van der Waals surface area contributed by atoms with Gasteiger partial charge in [-0.1, -0.05) is 18.2 Å². The molecular weight excluding hydrogens is 307 g/mol. The van der Waals surface area contributed by atoms with E-state index in [1.54, 1.807) is 24.5 Å². The van der Waals surface area contributed by atoms with Crippen LogP contribution in [0, 0.1) is 11.7 Å². The minimum absolute atomic E-state index is 0.00710. The molecule has 1 aromatic carbocycles. The first-order valence-electron chi connectivity index (χ1n) is 8.21. The van der Waals surface area contributed by atoms with Crippen LogP contribution in [0.3, 0.4) is 0 Å². The predicted molar refractivity (Wildman–Crippen MR) is 89.8 cm³/mol. The Labute approximate surface area is 140 Å². The van der Waals surface area contributed by atoms with Gasteiger partial charge in [-0.3, -0.25) is 15.0 Å². The Bertz CT molecular complexity index is 686. The van der Waals surface area contributed by atoms with Gasteiger partial charge in [-0.05, 0) is 45.0 Å². The van der Waals surface area contributed by atoms with E-state index >= 15 is 0 Å². The molecule has 2 aromatic rings. The van der Waals surface area contributed by atoms with Crippen LogP contribution in [0.1, 0.15) is 31.4 Å². The monoisotopic (exact) mass is 328 g/mol. The van der Waals surface area contributed by atoms with E-state index < -0.39 is 0 Å². The van der Waals surface area contributed by atoms with Crippen LogP contribution in [0.2, 0.25) is 0 Å². The molecule has 126 valence electrons. The third kappa shape index (κ3) is 3.76. The van der Waals surface area contributed by atoms with Crippen LogP contribution in [0.5, 0.6) is 0 Å². The van der Waals surface area contributed by atoms with Gasteiger partial charge >= 0.3 is 0 Å². The zero-order valence-corrected chi connectivity index (χ0v) is 13.7. The van der Waals surface area contributed by atoms with E-state index in [0.717, 1.165) is 25.9 Å². The Morgan fingerprint density at radius 2 is 1.88 bits per heavy atom. The van der Waals surface area contributed by atoms with Crippen molar-refractivity contribution in [2.24, 2.45) is 5.92 Å². The second-order valence-electron chi connectivity index (χ2n) is 6.07. The minimum Gasteiger partial charge on any atom is -0.296 e. The maximum absolute atomic E-state index is 13.9. The van der Waals surface area contributed by atoms with Crippen molar-refractivity contribution in [2.75, 3.05) is 18.4 Å². The van der Waals surface area contributed by atoms with Crippen LogP contribution >= 0.6 is 0 Å². The normalized spacial score (nSPS) is 17.4. The van der Waals surface area contributed by atoms with Crippen molar-refractivity contribution in [2.45, 2.75) is 25.8 Å². The maximum atomic E-state index is 13.9. The molecule has 1 aliphatic heterocycles. The summed E-state index contributed by atoms with van der Waals surface area (Å²) in [5.41, 5.74) is 0.707. The number of hydrogen-bond acceptors (Lipinski definition) is 4. The lowest BCUT2D eigenvalue weighted by atomic mass is 9.94. The molecule has 0 spiro atoms. The number of nitrogens with one attached hydrogen (secondary N) is 1. The molecule has 1 saturated heterocycles. The zero-order valence-electron chi connectivity index (χ0n) is 13.7. The average molecular weight is 328 g/mol. The summed E-state index contributed by atoms with van der Waals surface area (Å²) >= 11 is 0. The van der Waals surface area contributed by atoms with Crippen LogP contribution in [-0.4, -0.2) is 33.9 Å².